The van der Waals surface area contributed by atoms with E-state index in [1.807, 2.05) is 19.1 Å². The molecule has 0 aliphatic carbocycles. The number of halogens is 3. The number of aryl methyl sites for hydroxylation is 1. The molecule has 0 aromatic heterocycles. The number of rotatable bonds is 2. The van der Waals surface area contributed by atoms with E-state index in [0.29, 0.717) is 11.3 Å². The van der Waals surface area contributed by atoms with Gasteiger partial charge in [0.1, 0.15) is 5.82 Å². The molecule has 19 heavy (non-hydrogen) atoms. The summed E-state index contributed by atoms with van der Waals surface area (Å²) in [4.78, 5) is 12.1. The second-order valence-electron chi connectivity index (χ2n) is 4.07. The normalized spacial score (nSPS) is 10.3. The van der Waals surface area contributed by atoms with Gasteiger partial charge in [-0.15, -0.1) is 0 Å². The van der Waals surface area contributed by atoms with Crippen LogP contribution >= 0.6 is 27.5 Å². The number of hydrogen-bond donors (Lipinski definition) is 1. The summed E-state index contributed by atoms with van der Waals surface area (Å²) in [7, 11) is 0. The van der Waals surface area contributed by atoms with Crippen LogP contribution < -0.4 is 5.32 Å². The Morgan fingerprint density at radius 1 is 1.26 bits per heavy atom. The van der Waals surface area contributed by atoms with Gasteiger partial charge in [0.15, 0.2) is 0 Å². The molecule has 5 heteroatoms. The van der Waals surface area contributed by atoms with Gasteiger partial charge < -0.3 is 5.32 Å². The van der Waals surface area contributed by atoms with Crippen LogP contribution in [-0.4, -0.2) is 5.91 Å². The average Bonchev–Trinajstić information content (AvgIpc) is 2.30. The Balaban J connectivity index is 2.28. The maximum Gasteiger partial charge on any atom is 0.255 e. The van der Waals surface area contributed by atoms with E-state index in [1.165, 1.54) is 18.2 Å². The van der Waals surface area contributed by atoms with Gasteiger partial charge in [-0.1, -0.05) is 33.6 Å². The second kappa shape index (κ2) is 5.72. The fraction of sp³-hybridized carbons (Fsp3) is 0.0714. The average molecular weight is 343 g/mol. The summed E-state index contributed by atoms with van der Waals surface area (Å²) in [6.45, 7) is 1.83. The minimum atomic E-state index is -0.492. The van der Waals surface area contributed by atoms with Crippen molar-refractivity contribution in [2.45, 2.75) is 6.92 Å². The Morgan fingerprint density at radius 2 is 2.00 bits per heavy atom. The highest BCUT2D eigenvalue weighted by molar-refractivity contribution is 9.10. The van der Waals surface area contributed by atoms with Crippen LogP contribution in [0.4, 0.5) is 10.1 Å². The molecule has 0 radical (unpaired) electrons. The highest BCUT2D eigenvalue weighted by atomic mass is 79.9. The molecule has 0 heterocycles. The lowest BCUT2D eigenvalue weighted by molar-refractivity contribution is 0.102. The summed E-state index contributed by atoms with van der Waals surface area (Å²) in [5, 5.41) is 2.86. The van der Waals surface area contributed by atoms with Gasteiger partial charge in [0.2, 0.25) is 0 Å². The van der Waals surface area contributed by atoms with Gasteiger partial charge in [0.25, 0.3) is 5.91 Å². The fourth-order valence-electron chi connectivity index (χ4n) is 1.66. The zero-order chi connectivity index (χ0) is 14.0. The third kappa shape index (κ3) is 3.55. The number of anilines is 1. The lowest BCUT2D eigenvalue weighted by Crippen LogP contribution is -2.13. The molecule has 0 bridgehead atoms. The molecule has 0 unspecified atom stereocenters. The number of nitrogens with one attached hydrogen (secondary N) is 1. The van der Waals surface area contributed by atoms with E-state index in [1.54, 1.807) is 6.07 Å². The molecular weight excluding hydrogens is 333 g/mol. The van der Waals surface area contributed by atoms with Gasteiger partial charge in [-0.2, -0.15) is 0 Å². The minimum Gasteiger partial charge on any atom is -0.322 e. The molecule has 2 aromatic carbocycles. The second-order valence-corrected chi connectivity index (χ2v) is 5.42. The van der Waals surface area contributed by atoms with Crippen molar-refractivity contribution in [2.75, 3.05) is 5.32 Å². The van der Waals surface area contributed by atoms with Gasteiger partial charge in [-0.3, -0.25) is 4.79 Å². The number of amides is 1. The zero-order valence-corrected chi connectivity index (χ0v) is 12.3. The third-order valence-electron chi connectivity index (χ3n) is 2.56. The SMILES string of the molecule is Cc1ccc(Br)cc1C(=O)Nc1cc(F)cc(Cl)c1. The molecule has 0 aliphatic rings. The van der Waals surface area contributed by atoms with Crippen molar-refractivity contribution in [3.8, 4) is 0 Å². The van der Waals surface area contributed by atoms with Gasteiger partial charge in [0, 0.05) is 20.7 Å². The van der Waals surface area contributed by atoms with Crippen LogP contribution in [0.25, 0.3) is 0 Å². The molecule has 2 rings (SSSR count). The first kappa shape index (κ1) is 14.0. The van der Waals surface area contributed by atoms with Crippen molar-refractivity contribution < 1.29 is 9.18 Å². The van der Waals surface area contributed by atoms with Gasteiger partial charge >= 0.3 is 0 Å². The topological polar surface area (TPSA) is 29.1 Å². The molecule has 1 amide bonds. The summed E-state index contributed by atoms with van der Waals surface area (Å²) in [5.41, 5.74) is 1.69. The van der Waals surface area contributed by atoms with Gasteiger partial charge in [-0.05, 0) is 42.8 Å². The summed E-state index contributed by atoms with van der Waals surface area (Å²) >= 11 is 9.05. The molecule has 0 saturated heterocycles. The maximum absolute atomic E-state index is 13.2. The molecule has 0 aliphatic heterocycles. The first-order valence-corrected chi connectivity index (χ1v) is 6.66. The van der Waals surface area contributed by atoms with E-state index in [-0.39, 0.29) is 10.9 Å². The summed E-state index contributed by atoms with van der Waals surface area (Å²) in [6, 6.07) is 9.29. The Hall–Kier alpha value is -1.39. The monoisotopic (exact) mass is 341 g/mol. The van der Waals surface area contributed by atoms with E-state index in [2.05, 4.69) is 21.2 Å². The molecule has 0 atom stereocenters. The van der Waals surface area contributed by atoms with Crippen LogP contribution in [0.15, 0.2) is 40.9 Å². The largest absolute Gasteiger partial charge is 0.322 e. The molecule has 98 valence electrons. The van der Waals surface area contributed by atoms with E-state index in [0.717, 1.165) is 10.0 Å². The van der Waals surface area contributed by atoms with Crippen molar-refractivity contribution >= 4 is 39.1 Å². The molecular formula is C14H10BrClFNO. The summed E-state index contributed by atoms with van der Waals surface area (Å²) in [6.07, 6.45) is 0. The maximum atomic E-state index is 13.2. The van der Waals surface area contributed by atoms with Crippen molar-refractivity contribution in [1.82, 2.24) is 0 Å². The van der Waals surface area contributed by atoms with Crippen LogP contribution in [-0.2, 0) is 0 Å². The number of hydrogen-bond acceptors (Lipinski definition) is 1. The first-order chi connectivity index (χ1) is 8.95. The summed E-state index contributed by atoms with van der Waals surface area (Å²) in [5.74, 6) is -0.797. The first-order valence-electron chi connectivity index (χ1n) is 5.49. The quantitative estimate of drug-likeness (QED) is 0.834. The van der Waals surface area contributed by atoms with E-state index in [9.17, 15) is 9.18 Å². The Labute approximate surface area is 123 Å². The smallest absolute Gasteiger partial charge is 0.255 e. The van der Waals surface area contributed by atoms with E-state index >= 15 is 0 Å². The number of carbonyl (C=O) groups is 1. The van der Waals surface area contributed by atoms with Crippen molar-refractivity contribution in [2.24, 2.45) is 0 Å². The van der Waals surface area contributed by atoms with E-state index < -0.39 is 5.82 Å². The standard InChI is InChI=1S/C14H10BrClFNO/c1-8-2-3-9(15)4-13(8)14(19)18-12-6-10(16)5-11(17)7-12/h2-7H,1H3,(H,18,19). The minimum absolute atomic E-state index is 0.237. The lowest BCUT2D eigenvalue weighted by Gasteiger charge is -2.08. The Morgan fingerprint density at radius 3 is 2.68 bits per heavy atom. The molecule has 0 spiro atoms. The van der Waals surface area contributed by atoms with Gasteiger partial charge in [-0.25, -0.2) is 4.39 Å². The van der Waals surface area contributed by atoms with Gasteiger partial charge in [0.05, 0.1) is 0 Å². The van der Waals surface area contributed by atoms with E-state index in [4.69, 9.17) is 11.6 Å². The van der Waals surface area contributed by atoms with Crippen LogP contribution in [0.2, 0.25) is 5.02 Å². The lowest BCUT2D eigenvalue weighted by atomic mass is 10.1. The van der Waals surface area contributed by atoms with Crippen molar-refractivity contribution in [3.63, 3.8) is 0 Å². The van der Waals surface area contributed by atoms with Crippen molar-refractivity contribution in [3.05, 3.63) is 62.8 Å². The molecule has 0 fully saturated rings. The molecule has 2 nitrogen and oxygen atoms in total. The van der Waals surface area contributed by atoms with Crippen LogP contribution in [0, 0.1) is 12.7 Å². The zero-order valence-electron chi connectivity index (χ0n) is 10.0. The predicted octanol–water partition coefficient (Wildman–Crippen LogP) is 4.80. The third-order valence-corrected chi connectivity index (χ3v) is 3.28. The molecule has 2 aromatic rings. The predicted molar refractivity (Wildman–Crippen MR) is 78.2 cm³/mol. The Kier molecular flexibility index (Phi) is 4.22. The Bertz CT molecular complexity index is 625. The fourth-order valence-corrected chi connectivity index (χ4v) is 2.25. The number of carbonyl (C=O) groups excluding carboxylic acids is 1. The van der Waals surface area contributed by atoms with Crippen LogP contribution in [0.1, 0.15) is 15.9 Å². The van der Waals surface area contributed by atoms with Crippen LogP contribution in [0.3, 0.4) is 0 Å². The molecule has 0 saturated carbocycles. The molecule has 1 N–H and O–H groups in total. The van der Waals surface area contributed by atoms with Crippen molar-refractivity contribution in [1.29, 1.82) is 0 Å². The highest BCUT2D eigenvalue weighted by Crippen LogP contribution is 2.21. The summed E-state index contributed by atoms with van der Waals surface area (Å²) < 4.78 is 14.0. The number of benzene rings is 2. The highest BCUT2D eigenvalue weighted by Gasteiger charge is 2.10. The van der Waals surface area contributed by atoms with Crippen LogP contribution in [0.5, 0.6) is 0 Å².